The fourth-order valence-electron chi connectivity index (χ4n) is 5.24. The number of hydrogen-bond donors (Lipinski definition) is 0. The Morgan fingerprint density at radius 2 is 1.64 bits per heavy atom. The molecule has 3 aromatic rings. The number of benzene rings is 3. The summed E-state index contributed by atoms with van der Waals surface area (Å²) in [5.74, 6) is 0. The van der Waals surface area contributed by atoms with Crippen molar-refractivity contribution in [2.45, 2.75) is 44.0 Å². The second kappa shape index (κ2) is 9.35. The van der Waals surface area contributed by atoms with Crippen LogP contribution in [0.2, 0.25) is 0 Å². The van der Waals surface area contributed by atoms with Gasteiger partial charge >= 0.3 is 0 Å². The molecule has 0 bridgehead atoms. The third-order valence-electron chi connectivity index (χ3n) is 6.94. The van der Waals surface area contributed by atoms with E-state index in [4.69, 9.17) is 0 Å². The van der Waals surface area contributed by atoms with Gasteiger partial charge in [-0.1, -0.05) is 62.2 Å². The molecule has 174 valence electrons. The molecule has 1 saturated heterocycles. The highest BCUT2D eigenvalue weighted by Gasteiger charge is 2.36. The average molecular weight is 464 g/mol. The van der Waals surface area contributed by atoms with Gasteiger partial charge in [0, 0.05) is 55.7 Å². The first-order chi connectivity index (χ1) is 16.1. The zero-order valence-corrected chi connectivity index (χ0v) is 20.2. The van der Waals surface area contributed by atoms with Gasteiger partial charge in [-0.15, -0.1) is 0 Å². The summed E-state index contributed by atoms with van der Waals surface area (Å²) in [5.41, 5.74) is 3.36. The summed E-state index contributed by atoms with van der Waals surface area (Å²) < 4.78 is 28.3. The predicted octanol–water partition coefficient (Wildman–Crippen LogP) is 5.25. The van der Waals surface area contributed by atoms with Gasteiger partial charge in [0.25, 0.3) is 10.0 Å². The lowest BCUT2D eigenvalue weighted by atomic mass is 10.1. The highest BCUT2D eigenvalue weighted by molar-refractivity contribution is 7.93. The summed E-state index contributed by atoms with van der Waals surface area (Å²) in [4.78, 5) is 5.43. The molecule has 6 heteroatoms. The molecule has 0 aliphatic carbocycles. The lowest BCUT2D eigenvalue weighted by Gasteiger charge is -2.26. The molecule has 0 saturated carbocycles. The van der Waals surface area contributed by atoms with E-state index in [0.717, 1.165) is 80.6 Å². The number of unbranched alkanes of at least 4 members (excludes halogenated alkanes) is 2. The van der Waals surface area contributed by atoms with E-state index in [9.17, 15) is 8.42 Å². The van der Waals surface area contributed by atoms with Crippen LogP contribution in [-0.2, 0) is 16.6 Å². The van der Waals surface area contributed by atoms with Gasteiger partial charge in [0.15, 0.2) is 0 Å². The first-order valence-corrected chi connectivity index (χ1v) is 13.6. The van der Waals surface area contributed by atoms with Crippen molar-refractivity contribution in [3.8, 4) is 0 Å². The van der Waals surface area contributed by atoms with Gasteiger partial charge in [-0.2, -0.15) is 0 Å². The van der Waals surface area contributed by atoms with Crippen molar-refractivity contribution in [3.63, 3.8) is 0 Å². The Hall–Kier alpha value is -2.57. The van der Waals surface area contributed by atoms with Crippen LogP contribution in [0.25, 0.3) is 10.8 Å². The molecule has 2 aliphatic heterocycles. The van der Waals surface area contributed by atoms with E-state index in [2.05, 4.69) is 59.2 Å². The second-order valence-electron chi connectivity index (χ2n) is 9.17. The molecule has 1 fully saturated rings. The smallest absolute Gasteiger partial charge is 0.265 e. The molecule has 33 heavy (non-hydrogen) atoms. The van der Waals surface area contributed by atoms with Gasteiger partial charge < -0.3 is 4.90 Å². The van der Waals surface area contributed by atoms with E-state index in [1.807, 2.05) is 12.1 Å². The van der Waals surface area contributed by atoms with E-state index in [-0.39, 0.29) is 0 Å². The maximum atomic E-state index is 13.3. The lowest BCUT2D eigenvalue weighted by Crippen LogP contribution is -2.30. The summed E-state index contributed by atoms with van der Waals surface area (Å²) in [5, 5.41) is 1.96. The molecule has 0 N–H and O–H groups in total. The normalized spacial score (nSPS) is 18.1. The Bertz CT molecular complexity index is 1230. The van der Waals surface area contributed by atoms with Gasteiger partial charge in [0.1, 0.15) is 0 Å². The van der Waals surface area contributed by atoms with Crippen LogP contribution in [0.5, 0.6) is 0 Å². The van der Waals surface area contributed by atoms with E-state index in [1.54, 1.807) is 10.4 Å². The zero-order chi connectivity index (χ0) is 22.8. The van der Waals surface area contributed by atoms with Gasteiger partial charge in [-0.3, -0.25) is 9.21 Å². The molecule has 0 radical (unpaired) electrons. The van der Waals surface area contributed by atoms with Gasteiger partial charge in [0.2, 0.25) is 0 Å². The van der Waals surface area contributed by atoms with Crippen molar-refractivity contribution >= 4 is 32.2 Å². The molecule has 3 aromatic carbocycles. The quantitative estimate of drug-likeness (QED) is 0.449. The Morgan fingerprint density at radius 3 is 2.45 bits per heavy atom. The highest BCUT2D eigenvalue weighted by Crippen LogP contribution is 2.45. The third kappa shape index (κ3) is 4.22. The van der Waals surface area contributed by atoms with Crippen molar-refractivity contribution in [2.75, 3.05) is 41.9 Å². The minimum atomic E-state index is -3.47. The summed E-state index contributed by atoms with van der Waals surface area (Å²) in [6.45, 7) is 7.67. The Kier molecular flexibility index (Phi) is 6.30. The van der Waals surface area contributed by atoms with E-state index >= 15 is 0 Å². The van der Waals surface area contributed by atoms with Crippen molar-refractivity contribution in [1.29, 1.82) is 0 Å². The highest BCUT2D eigenvalue weighted by atomic mass is 32.2. The summed E-state index contributed by atoms with van der Waals surface area (Å²) in [7, 11) is -3.47. The van der Waals surface area contributed by atoms with Crippen LogP contribution in [0.4, 0.5) is 11.4 Å². The number of rotatable bonds is 7. The van der Waals surface area contributed by atoms with Crippen molar-refractivity contribution in [3.05, 3.63) is 66.2 Å². The topological polar surface area (TPSA) is 43.9 Å². The summed E-state index contributed by atoms with van der Waals surface area (Å²) in [6, 6.07) is 20.6. The van der Waals surface area contributed by atoms with Crippen molar-refractivity contribution < 1.29 is 8.42 Å². The predicted molar refractivity (Wildman–Crippen MR) is 137 cm³/mol. The lowest BCUT2D eigenvalue weighted by molar-refractivity contribution is 0.285. The number of anilines is 2. The van der Waals surface area contributed by atoms with Crippen LogP contribution in [0, 0.1) is 0 Å². The number of hydrogen-bond acceptors (Lipinski definition) is 4. The van der Waals surface area contributed by atoms with Crippen molar-refractivity contribution in [2.24, 2.45) is 0 Å². The molecule has 5 rings (SSSR count). The minimum absolute atomic E-state index is 0.467. The van der Waals surface area contributed by atoms with Crippen LogP contribution in [0.15, 0.2) is 65.6 Å². The molecular weight excluding hydrogens is 430 g/mol. The largest absolute Gasteiger partial charge is 0.370 e. The average Bonchev–Trinajstić information content (AvgIpc) is 2.96. The van der Waals surface area contributed by atoms with Crippen molar-refractivity contribution in [1.82, 2.24) is 4.90 Å². The van der Waals surface area contributed by atoms with Crippen LogP contribution in [0.3, 0.4) is 0 Å². The van der Waals surface area contributed by atoms with E-state index in [1.165, 1.54) is 5.56 Å². The van der Waals surface area contributed by atoms with E-state index < -0.39 is 10.0 Å². The Balaban J connectivity index is 1.42. The van der Waals surface area contributed by atoms with Gasteiger partial charge in [0.05, 0.1) is 10.6 Å². The Morgan fingerprint density at radius 1 is 0.818 bits per heavy atom. The monoisotopic (exact) mass is 463 g/mol. The second-order valence-corrected chi connectivity index (χ2v) is 11.0. The first-order valence-electron chi connectivity index (χ1n) is 12.2. The standard InChI is InChI=1S/C27H33N3O2S/c1-2-3-7-18-30-25-15-14-24(23-12-8-13-26(27(23)25)33(30,31)32)29-17-9-16-28(19-20-29)21-22-10-5-4-6-11-22/h4-6,8,10-15H,2-3,7,9,16-21H2,1H3. The Labute approximate surface area is 197 Å². The maximum Gasteiger partial charge on any atom is 0.265 e. The molecule has 5 nitrogen and oxygen atoms in total. The molecule has 0 spiro atoms. The summed E-state index contributed by atoms with van der Waals surface area (Å²) >= 11 is 0. The van der Waals surface area contributed by atoms with Gasteiger partial charge in [-0.05, 0) is 36.6 Å². The number of nitrogens with zero attached hydrogens (tertiary/aromatic N) is 3. The SMILES string of the molecule is CCCCCN1c2ccc(N3CCCN(Cc4ccccc4)CC3)c3cccc(c23)S1(=O)=O. The van der Waals surface area contributed by atoms with Crippen LogP contribution in [0.1, 0.15) is 38.2 Å². The molecule has 2 heterocycles. The molecule has 0 aromatic heterocycles. The third-order valence-corrected chi connectivity index (χ3v) is 8.79. The summed E-state index contributed by atoms with van der Waals surface area (Å²) in [6.07, 6.45) is 4.09. The fraction of sp³-hybridized carbons (Fsp3) is 0.407. The first kappa shape index (κ1) is 22.2. The molecule has 2 aliphatic rings. The van der Waals surface area contributed by atoms with Gasteiger partial charge in [-0.25, -0.2) is 8.42 Å². The van der Waals surface area contributed by atoms with Crippen LogP contribution >= 0.6 is 0 Å². The minimum Gasteiger partial charge on any atom is -0.370 e. The van der Waals surface area contributed by atoms with Crippen LogP contribution < -0.4 is 9.21 Å². The maximum absolute atomic E-state index is 13.3. The molecule has 0 atom stereocenters. The molecule has 0 unspecified atom stereocenters. The number of sulfonamides is 1. The zero-order valence-electron chi connectivity index (χ0n) is 19.4. The molecule has 0 amide bonds. The van der Waals surface area contributed by atoms with E-state index in [0.29, 0.717) is 11.4 Å². The van der Waals surface area contributed by atoms with Crippen LogP contribution in [-0.4, -0.2) is 46.0 Å². The molecular formula is C27H33N3O2S. The fourth-order valence-corrected chi connectivity index (χ4v) is 6.99.